The second-order valence-corrected chi connectivity index (χ2v) is 5.85. The Kier molecular flexibility index (Phi) is 4.96. The number of nitrogens with one attached hydrogen (secondary N) is 1. The fourth-order valence-corrected chi connectivity index (χ4v) is 2.29. The van der Waals surface area contributed by atoms with Gasteiger partial charge in [-0.05, 0) is 52.0 Å². The van der Waals surface area contributed by atoms with E-state index in [0.29, 0.717) is 17.2 Å². The predicted molar refractivity (Wildman–Crippen MR) is 86.7 cm³/mol. The van der Waals surface area contributed by atoms with Crippen molar-refractivity contribution in [2.45, 2.75) is 26.2 Å². The number of nitrogens with zero attached hydrogens (tertiary/aromatic N) is 1. The Bertz CT molecular complexity index is 658. The molecule has 1 atom stereocenters. The van der Waals surface area contributed by atoms with Gasteiger partial charge in [0.05, 0.1) is 11.3 Å². The largest absolute Gasteiger partial charge is 0.506 e. The molecule has 0 aliphatic carbocycles. The van der Waals surface area contributed by atoms with Gasteiger partial charge in [0.2, 0.25) is 0 Å². The highest BCUT2D eigenvalue weighted by Crippen LogP contribution is 2.29. The minimum absolute atomic E-state index is 0.0540. The van der Waals surface area contributed by atoms with E-state index in [9.17, 15) is 9.90 Å². The molecule has 0 bridgehead atoms. The highest BCUT2D eigenvalue weighted by Gasteiger charge is 2.12. The average Bonchev–Trinajstić information content (AvgIpc) is 2.48. The summed E-state index contributed by atoms with van der Waals surface area (Å²) in [6.45, 7) is 4.21. The Morgan fingerprint density at radius 3 is 2.81 bits per heavy atom. The maximum atomic E-state index is 12.2. The number of carbonyl (C=O) groups is 1. The first-order valence-electron chi connectivity index (χ1n) is 6.76. The number of rotatable bonds is 4. The molecule has 0 aliphatic rings. The van der Waals surface area contributed by atoms with Gasteiger partial charge in [0.25, 0.3) is 5.91 Å². The number of aromatic nitrogens is 1. The lowest BCUT2D eigenvalue weighted by Crippen LogP contribution is -2.12. The number of amides is 1. The molecule has 0 aliphatic heterocycles. The molecule has 4 nitrogen and oxygen atoms in total. The second-order valence-electron chi connectivity index (χ2n) is 4.93. The molecule has 2 N–H and O–H groups in total. The van der Waals surface area contributed by atoms with Crippen molar-refractivity contribution in [2.75, 3.05) is 5.32 Å². The third-order valence-corrected chi connectivity index (χ3v) is 3.85. The number of phenolic OH excluding ortho intramolecular Hbond substituents is 1. The summed E-state index contributed by atoms with van der Waals surface area (Å²) in [5.74, 6) is 0.118. The molecule has 1 amide bonds. The van der Waals surface area contributed by atoms with Crippen LogP contribution in [0.4, 0.5) is 5.69 Å². The zero-order valence-electron chi connectivity index (χ0n) is 11.9. The first-order valence-corrected chi connectivity index (χ1v) is 7.55. The van der Waals surface area contributed by atoms with Gasteiger partial charge in [0.15, 0.2) is 0 Å². The summed E-state index contributed by atoms with van der Waals surface area (Å²) in [5, 5.41) is 12.6. The number of aromatic hydroxyl groups is 1. The van der Waals surface area contributed by atoms with Crippen LogP contribution in [-0.2, 0) is 0 Å². The van der Waals surface area contributed by atoms with Crippen LogP contribution in [0.2, 0.25) is 0 Å². The van der Waals surface area contributed by atoms with E-state index in [1.807, 2.05) is 12.1 Å². The van der Waals surface area contributed by atoms with Crippen molar-refractivity contribution in [2.24, 2.45) is 0 Å². The summed E-state index contributed by atoms with van der Waals surface area (Å²) >= 11 is 3.28. The molecule has 1 heterocycles. The Balaban J connectivity index is 2.24. The zero-order valence-corrected chi connectivity index (χ0v) is 13.5. The highest BCUT2D eigenvalue weighted by molar-refractivity contribution is 9.10. The SMILES string of the molecule is CC[C@@H](C)c1ccc(O)c(NC(=O)c2cncc(Br)c2)c1. The quantitative estimate of drug-likeness (QED) is 0.809. The molecule has 2 aromatic rings. The topological polar surface area (TPSA) is 62.2 Å². The lowest BCUT2D eigenvalue weighted by Gasteiger charge is -2.13. The molecular weight excluding hydrogens is 332 g/mol. The van der Waals surface area contributed by atoms with Crippen LogP contribution in [0.5, 0.6) is 5.75 Å². The van der Waals surface area contributed by atoms with Gasteiger partial charge in [-0.2, -0.15) is 0 Å². The summed E-state index contributed by atoms with van der Waals surface area (Å²) in [7, 11) is 0. The zero-order chi connectivity index (χ0) is 15.4. The number of anilines is 1. The van der Waals surface area contributed by atoms with E-state index < -0.39 is 0 Å². The number of benzene rings is 1. The lowest BCUT2D eigenvalue weighted by atomic mass is 9.98. The second kappa shape index (κ2) is 6.72. The number of phenols is 1. The van der Waals surface area contributed by atoms with Crippen molar-refractivity contribution in [3.63, 3.8) is 0 Å². The fraction of sp³-hybridized carbons (Fsp3) is 0.250. The van der Waals surface area contributed by atoms with Crippen LogP contribution in [0.15, 0.2) is 41.1 Å². The molecular formula is C16H17BrN2O2. The van der Waals surface area contributed by atoms with E-state index in [2.05, 4.69) is 40.1 Å². The van der Waals surface area contributed by atoms with Gasteiger partial charge in [-0.25, -0.2) is 0 Å². The van der Waals surface area contributed by atoms with E-state index >= 15 is 0 Å². The first kappa shape index (κ1) is 15.5. The summed E-state index contributed by atoms with van der Waals surface area (Å²) in [6.07, 6.45) is 4.08. The van der Waals surface area contributed by atoms with Gasteiger partial charge in [0.1, 0.15) is 5.75 Å². The van der Waals surface area contributed by atoms with Gasteiger partial charge in [0, 0.05) is 16.9 Å². The summed E-state index contributed by atoms with van der Waals surface area (Å²) in [5.41, 5.74) is 1.92. The fourth-order valence-electron chi connectivity index (χ4n) is 1.93. The molecule has 1 aromatic heterocycles. The first-order chi connectivity index (χ1) is 10.0. The third-order valence-electron chi connectivity index (χ3n) is 3.42. The van der Waals surface area contributed by atoms with Crippen LogP contribution in [0.3, 0.4) is 0 Å². The molecule has 0 saturated heterocycles. The maximum Gasteiger partial charge on any atom is 0.257 e. The van der Waals surface area contributed by atoms with Crippen LogP contribution in [0.25, 0.3) is 0 Å². The van der Waals surface area contributed by atoms with Gasteiger partial charge in [-0.3, -0.25) is 9.78 Å². The molecule has 5 heteroatoms. The number of hydrogen-bond donors (Lipinski definition) is 2. The Morgan fingerprint density at radius 2 is 2.14 bits per heavy atom. The minimum Gasteiger partial charge on any atom is -0.506 e. The van der Waals surface area contributed by atoms with Crippen molar-refractivity contribution in [1.82, 2.24) is 4.98 Å². The van der Waals surface area contributed by atoms with Crippen LogP contribution in [0, 0.1) is 0 Å². The molecule has 2 rings (SSSR count). The molecule has 0 radical (unpaired) electrons. The van der Waals surface area contributed by atoms with Crippen LogP contribution < -0.4 is 5.32 Å². The molecule has 0 spiro atoms. The van der Waals surface area contributed by atoms with E-state index in [1.54, 1.807) is 18.3 Å². The van der Waals surface area contributed by atoms with Crippen molar-refractivity contribution >= 4 is 27.5 Å². The molecule has 0 saturated carbocycles. The van der Waals surface area contributed by atoms with Crippen LogP contribution in [0.1, 0.15) is 42.1 Å². The summed E-state index contributed by atoms with van der Waals surface area (Å²) < 4.78 is 0.729. The molecule has 110 valence electrons. The average molecular weight is 349 g/mol. The number of pyridine rings is 1. The van der Waals surface area contributed by atoms with E-state index in [0.717, 1.165) is 16.5 Å². The number of halogens is 1. The standard InChI is InChI=1S/C16H17BrN2O2/c1-3-10(2)11-4-5-15(20)14(7-11)19-16(21)12-6-13(17)9-18-8-12/h4-10,20H,3H2,1-2H3,(H,19,21)/t10-/m1/s1. The smallest absolute Gasteiger partial charge is 0.257 e. The Morgan fingerprint density at radius 1 is 1.38 bits per heavy atom. The van der Waals surface area contributed by atoms with Gasteiger partial charge in [-0.15, -0.1) is 0 Å². The van der Waals surface area contributed by atoms with Crippen LogP contribution in [-0.4, -0.2) is 16.0 Å². The highest BCUT2D eigenvalue weighted by atomic mass is 79.9. The van der Waals surface area contributed by atoms with Crippen LogP contribution >= 0.6 is 15.9 Å². The predicted octanol–water partition coefficient (Wildman–Crippen LogP) is 4.32. The lowest BCUT2D eigenvalue weighted by molar-refractivity contribution is 0.102. The Hall–Kier alpha value is -1.88. The summed E-state index contributed by atoms with van der Waals surface area (Å²) in [4.78, 5) is 16.1. The van der Waals surface area contributed by atoms with Crippen molar-refractivity contribution in [1.29, 1.82) is 0 Å². The van der Waals surface area contributed by atoms with Crippen molar-refractivity contribution in [3.8, 4) is 5.75 Å². The molecule has 1 aromatic carbocycles. The summed E-state index contributed by atoms with van der Waals surface area (Å²) in [6, 6.07) is 6.97. The Labute approximate surface area is 132 Å². The van der Waals surface area contributed by atoms with Gasteiger partial charge in [-0.1, -0.05) is 19.9 Å². The number of hydrogen-bond acceptors (Lipinski definition) is 3. The van der Waals surface area contributed by atoms with Gasteiger partial charge >= 0.3 is 0 Å². The molecule has 0 fully saturated rings. The number of carbonyl (C=O) groups excluding carboxylic acids is 1. The van der Waals surface area contributed by atoms with Crippen molar-refractivity contribution < 1.29 is 9.90 Å². The van der Waals surface area contributed by atoms with E-state index in [4.69, 9.17) is 0 Å². The molecule has 21 heavy (non-hydrogen) atoms. The van der Waals surface area contributed by atoms with Crippen molar-refractivity contribution in [3.05, 3.63) is 52.3 Å². The monoisotopic (exact) mass is 348 g/mol. The van der Waals surface area contributed by atoms with Gasteiger partial charge < -0.3 is 10.4 Å². The third kappa shape index (κ3) is 3.82. The van der Waals surface area contributed by atoms with E-state index in [1.165, 1.54) is 6.20 Å². The molecule has 0 unspecified atom stereocenters. The minimum atomic E-state index is -0.305. The maximum absolute atomic E-state index is 12.2. The normalized spacial score (nSPS) is 12.0. The van der Waals surface area contributed by atoms with E-state index in [-0.39, 0.29) is 11.7 Å².